The van der Waals surface area contributed by atoms with Crippen LogP contribution < -0.4 is 4.90 Å². The van der Waals surface area contributed by atoms with Gasteiger partial charge in [0.25, 0.3) is 0 Å². The molecule has 1 unspecified atom stereocenters. The van der Waals surface area contributed by atoms with Crippen LogP contribution in [0.25, 0.3) is 20.7 Å². The fourth-order valence-electron chi connectivity index (χ4n) is 2.66. The lowest BCUT2D eigenvalue weighted by Crippen LogP contribution is -2.29. The van der Waals surface area contributed by atoms with Gasteiger partial charge in [0, 0.05) is 18.5 Å². The summed E-state index contributed by atoms with van der Waals surface area (Å²) in [6.07, 6.45) is 1.57. The normalized spacial score (nSPS) is 12.1. The molecular formula is C18H19N3O2S. The van der Waals surface area contributed by atoms with Gasteiger partial charge in [0.2, 0.25) is 0 Å². The maximum absolute atomic E-state index is 11.7. The van der Waals surface area contributed by atoms with Gasteiger partial charge in [-0.2, -0.15) is 0 Å². The Hall–Kier alpha value is -2.47. The molecule has 0 aliphatic carbocycles. The van der Waals surface area contributed by atoms with Crippen LogP contribution in [0.1, 0.15) is 6.92 Å². The highest BCUT2D eigenvalue weighted by molar-refractivity contribution is 7.21. The number of hydrogen-bond donors (Lipinski definition) is 0. The summed E-state index contributed by atoms with van der Waals surface area (Å²) in [6, 6.07) is 12.3. The van der Waals surface area contributed by atoms with Crippen LogP contribution in [0, 0.1) is 5.92 Å². The lowest BCUT2D eigenvalue weighted by molar-refractivity contribution is -0.144. The molecular weight excluding hydrogens is 322 g/mol. The van der Waals surface area contributed by atoms with Crippen LogP contribution in [0.5, 0.6) is 0 Å². The largest absolute Gasteiger partial charge is 0.469 e. The van der Waals surface area contributed by atoms with Crippen molar-refractivity contribution in [3.05, 3.63) is 42.7 Å². The summed E-state index contributed by atoms with van der Waals surface area (Å²) in [7, 11) is 3.34. The number of fused-ring (bicyclic) bond motifs is 1. The fraction of sp³-hybridized carbons (Fsp3) is 0.278. The number of carbonyl (C=O) groups excluding carboxylic acids is 1. The van der Waals surface area contributed by atoms with Crippen LogP contribution >= 0.6 is 11.3 Å². The van der Waals surface area contributed by atoms with Crippen molar-refractivity contribution in [2.24, 2.45) is 5.92 Å². The van der Waals surface area contributed by atoms with Gasteiger partial charge in [0.15, 0.2) is 0 Å². The topological polar surface area (TPSA) is 55.3 Å². The zero-order chi connectivity index (χ0) is 17.1. The first kappa shape index (κ1) is 16.4. The van der Waals surface area contributed by atoms with E-state index in [1.165, 1.54) is 7.11 Å². The molecule has 0 spiro atoms. The van der Waals surface area contributed by atoms with E-state index >= 15 is 0 Å². The summed E-state index contributed by atoms with van der Waals surface area (Å²) in [5.41, 5.74) is 1.16. The summed E-state index contributed by atoms with van der Waals surface area (Å²) in [6.45, 7) is 2.39. The monoisotopic (exact) mass is 341 g/mol. The number of thiophene rings is 1. The maximum atomic E-state index is 11.7. The molecule has 0 N–H and O–H groups in total. The number of methoxy groups -OCH3 is 1. The number of ether oxygens (including phenoxy) is 1. The van der Waals surface area contributed by atoms with Gasteiger partial charge in [0.05, 0.1) is 18.4 Å². The van der Waals surface area contributed by atoms with Crippen molar-refractivity contribution < 1.29 is 9.53 Å². The summed E-state index contributed by atoms with van der Waals surface area (Å²) in [5.74, 6) is 0.383. The molecule has 0 bridgehead atoms. The molecule has 0 aliphatic rings. The predicted octanol–water partition coefficient (Wildman–Crippen LogP) is 3.60. The third kappa shape index (κ3) is 3.23. The summed E-state index contributed by atoms with van der Waals surface area (Å²) < 4.78 is 4.80. The number of aromatic nitrogens is 2. The molecule has 24 heavy (non-hydrogen) atoms. The molecule has 2 aromatic heterocycles. The molecule has 0 aliphatic heterocycles. The van der Waals surface area contributed by atoms with Crippen LogP contribution in [-0.2, 0) is 9.53 Å². The highest BCUT2D eigenvalue weighted by Gasteiger charge is 2.19. The Morgan fingerprint density at radius 3 is 2.75 bits per heavy atom. The van der Waals surface area contributed by atoms with Crippen LogP contribution in [0.3, 0.4) is 0 Å². The average Bonchev–Trinajstić information content (AvgIpc) is 3.05. The van der Waals surface area contributed by atoms with Crippen molar-refractivity contribution in [3.63, 3.8) is 0 Å². The van der Waals surface area contributed by atoms with Gasteiger partial charge in [-0.3, -0.25) is 4.79 Å². The third-order valence-corrected chi connectivity index (χ3v) is 4.97. The third-order valence-electron chi connectivity index (χ3n) is 3.88. The van der Waals surface area contributed by atoms with Crippen molar-refractivity contribution in [2.45, 2.75) is 6.92 Å². The van der Waals surface area contributed by atoms with Gasteiger partial charge in [-0.25, -0.2) is 9.97 Å². The zero-order valence-corrected chi connectivity index (χ0v) is 14.7. The number of esters is 1. The number of nitrogens with zero attached hydrogens (tertiary/aromatic N) is 3. The molecule has 0 saturated carbocycles. The van der Waals surface area contributed by atoms with Gasteiger partial charge in [-0.05, 0) is 11.6 Å². The number of rotatable bonds is 5. The second-order valence-electron chi connectivity index (χ2n) is 5.70. The molecule has 1 atom stereocenters. The highest BCUT2D eigenvalue weighted by Crippen LogP contribution is 2.35. The standard InChI is InChI=1S/C18H19N3O2S/c1-12(18(22)23-3)10-21(2)16-14-9-15(13-7-5-4-6-8-13)24-17(14)20-11-19-16/h4-9,11-12H,10H2,1-3H3. The molecule has 124 valence electrons. The van der Waals surface area contributed by atoms with E-state index in [9.17, 15) is 4.79 Å². The van der Waals surface area contributed by atoms with Gasteiger partial charge >= 0.3 is 5.97 Å². The Kier molecular flexibility index (Phi) is 4.76. The first-order chi connectivity index (χ1) is 11.6. The Labute approximate surface area is 144 Å². The molecule has 0 saturated heterocycles. The molecule has 2 heterocycles. The average molecular weight is 341 g/mol. The molecule has 3 aromatic rings. The highest BCUT2D eigenvalue weighted by atomic mass is 32.1. The van der Waals surface area contributed by atoms with E-state index in [1.807, 2.05) is 37.1 Å². The van der Waals surface area contributed by atoms with E-state index < -0.39 is 0 Å². The molecule has 1 aromatic carbocycles. The van der Waals surface area contributed by atoms with E-state index in [0.717, 1.165) is 26.5 Å². The zero-order valence-electron chi connectivity index (χ0n) is 13.9. The van der Waals surface area contributed by atoms with E-state index in [2.05, 4.69) is 28.2 Å². The summed E-state index contributed by atoms with van der Waals surface area (Å²) >= 11 is 1.64. The molecule has 3 rings (SSSR count). The van der Waals surface area contributed by atoms with Crippen molar-refractivity contribution in [2.75, 3.05) is 25.6 Å². The second kappa shape index (κ2) is 6.97. The number of carbonyl (C=O) groups is 1. The lowest BCUT2D eigenvalue weighted by Gasteiger charge is -2.21. The summed E-state index contributed by atoms with van der Waals surface area (Å²) in [5, 5.41) is 1.00. The lowest BCUT2D eigenvalue weighted by atomic mass is 10.1. The Bertz CT molecular complexity index is 848. The Balaban J connectivity index is 1.94. The van der Waals surface area contributed by atoms with Crippen LogP contribution in [0.2, 0.25) is 0 Å². The first-order valence-electron chi connectivity index (χ1n) is 7.69. The first-order valence-corrected chi connectivity index (χ1v) is 8.50. The van der Waals surface area contributed by atoms with Crippen molar-refractivity contribution in [1.82, 2.24) is 9.97 Å². The number of hydrogen-bond acceptors (Lipinski definition) is 6. The molecule has 6 heteroatoms. The van der Waals surface area contributed by atoms with Gasteiger partial charge in [0.1, 0.15) is 17.0 Å². The quantitative estimate of drug-likeness (QED) is 0.664. The second-order valence-corrected chi connectivity index (χ2v) is 6.73. The molecule has 5 nitrogen and oxygen atoms in total. The number of anilines is 1. The van der Waals surface area contributed by atoms with Crippen molar-refractivity contribution in [1.29, 1.82) is 0 Å². The minimum Gasteiger partial charge on any atom is -0.469 e. The smallest absolute Gasteiger partial charge is 0.310 e. The minimum absolute atomic E-state index is 0.220. The Morgan fingerprint density at radius 1 is 1.29 bits per heavy atom. The van der Waals surface area contributed by atoms with Gasteiger partial charge in [-0.1, -0.05) is 37.3 Å². The van der Waals surface area contributed by atoms with Gasteiger partial charge in [-0.15, -0.1) is 11.3 Å². The molecule has 0 amide bonds. The van der Waals surface area contributed by atoms with E-state index in [1.54, 1.807) is 17.7 Å². The van der Waals surface area contributed by atoms with E-state index in [-0.39, 0.29) is 11.9 Å². The van der Waals surface area contributed by atoms with Crippen LogP contribution in [-0.4, -0.2) is 36.6 Å². The SMILES string of the molecule is COC(=O)C(C)CN(C)c1ncnc2sc(-c3ccccc3)cc12. The fourth-order valence-corrected chi connectivity index (χ4v) is 3.66. The Morgan fingerprint density at radius 2 is 2.04 bits per heavy atom. The van der Waals surface area contributed by atoms with E-state index in [0.29, 0.717) is 6.54 Å². The van der Waals surface area contributed by atoms with E-state index in [4.69, 9.17) is 4.74 Å². The van der Waals surface area contributed by atoms with Gasteiger partial charge < -0.3 is 9.64 Å². The molecule has 0 radical (unpaired) electrons. The maximum Gasteiger partial charge on any atom is 0.310 e. The predicted molar refractivity (Wildman–Crippen MR) is 97.3 cm³/mol. The number of benzene rings is 1. The van der Waals surface area contributed by atoms with Crippen molar-refractivity contribution >= 4 is 33.3 Å². The summed E-state index contributed by atoms with van der Waals surface area (Å²) in [4.78, 5) is 24.5. The van der Waals surface area contributed by atoms with Crippen LogP contribution in [0.4, 0.5) is 5.82 Å². The minimum atomic E-state index is -0.225. The van der Waals surface area contributed by atoms with Crippen molar-refractivity contribution in [3.8, 4) is 10.4 Å². The van der Waals surface area contributed by atoms with Crippen LogP contribution in [0.15, 0.2) is 42.7 Å². The molecule has 0 fully saturated rings.